The highest BCUT2D eigenvalue weighted by atomic mass is 16.2. The van der Waals surface area contributed by atoms with Gasteiger partial charge in [0.05, 0.1) is 19.3 Å². The predicted molar refractivity (Wildman–Crippen MR) is 279 cm³/mol. The summed E-state index contributed by atoms with van der Waals surface area (Å²) < 4.78 is 0. The molecule has 0 aliphatic carbocycles. The molecule has 68 heavy (non-hydrogen) atoms. The maximum atomic E-state index is 11.4. The Morgan fingerprint density at radius 1 is 0.471 bits per heavy atom. The number of hydrogen-bond acceptors (Lipinski definition) is 11. The molecule has 0 aromatic rings. The Kier molecular flexibility index (Phi) is 76.0. The van der Waals surface area contributed by atoms with Crippen LogP contribution in [0.3, 0.4) is 0 Å². The third kappa shape index (κ3) is 67.6. The van der Waals surface area contributed by atoms with Gasteiger partial charge in [0.15, 0.2) is 0 Å². The molecule has 0 heterocycles. The quantitative estimate of drug-likeness (QED) is 0.0188. The van der Waals surface area contributed by atoms with Crippen LogP contribution in [0.25, 0.3) is 0 Å². The van der Waals surface area contributed by atoms with Gasteiger partial charge in [0.25, 0.3) is 0 Å². The van der Waals surface area contributed by atoms with E-state index in [1.165, 1.54) is 39.5 Å². The number of hydrogen-bond donors (Lipinski definition) is 6. The second-order valence-electron chi connectivity index (χ2n) is 15.1. The Hall–Kier alpha value is -5.03. The molecule has 0 bridgehead atoms. The number of amides is 7. The van der Waals surface area contributed by atoms with Crippen molar-refractivity contribution in [2.45, 2.75) is 210 Å². The first kappa shape index (κ1) is 86.2. The molecular weight excluding hydrogens is 875 g/mol. The molecule has 7 amide bonds. The zero-order valence-electron chi connectivity index (χ0n) is 40.9. The lowest BCUT2D eigenvalue weighted by atomic mass is 9.98. The van der Waals surface area contributed by atoms with Gasteiger partial charge in [-0.2, -0.15) is 0 Å². The molecule has 0 saturated carbocycles. The van der Waals surface area contributed by atoms with Gasteiger partial charge in [-0.1, -0.05) is 91.0 Å². The highest BCUT2D eigenvalue weighted by Gasteiger charge is 2.16. The van der Waals surface area contributed by atoms with E-state index in [1.807, 2.05) is 13.8 Å². The first-order valence-corrected chi connectivity index (χ1v) is 22.1. The predicted octanol–water partition coefficient (Wildman–Crippen LogP) is 7.25. The molecular formula is C50H105N7O11. The van der Waals surface area contributed by atoms with E-state index in [-0.39, 0.29) is 109 Å². The molecule has 406 valence electrons. The molecule has 18 nitrogen and oxygen atoms in total. The van der Waals surface area contributed by atoms with E-state index >= 15 is 0 Å². The minimum atomic E-state index is -0.356. The lowest BCUT2D eigenvalue weighted by Gasteiger charge is -2.22. The van der Waals surface area contributed by atoms with Crippen LogP contribution in [0.5, 0.6) is 0 Å². The van der Waals surface area contributed by atoms with Crippen molar-refractivity contribution < 1.29 is 52.7 Å². The molecule has 0 aliphatic rings. The number of unbranched alkanes of at least 4 members (excludes halogenated alkanes) is 2. The molecule has 0 aromatic heterocycles. The fraction of sp³-hybridized carbons (Fsp3) is 0.780. The fourth-order valence-corrected chi connectivity index (χ4v) is 5.27. The first-order chi connectivity index (χ1) is 29.5. The Bertz CT molecular complexity index is 1270. The van der Waals surface area contributed by atoms with Crippen molar-refractivity contribution in [3.05, 3.63) is 0 Å². The van der Waals surface area contributed by atoms with Gasteiger partial charge >= 0.3 is 0 Å². The van der Waals surface area contributed by atoms with Gasteiger partial charge in [0.2, 0.25) is 42.4 Å². The summed E-state index contributed by atoms with van der Waals surface area (Å²) in [6.45, 7) is 23.8. The van der Waals surface area contributed by atoms with Crippen LogP contribution in [0.1, 0.15) is 204 Å². The zero-order chi connectivity index (χ0) is 49.8. The van der Waals surface area contributed by atoms with Crippen molar-refractivity contribution in [1.29, 1.82) is 0 Å². The van der Waals surface area contributed by atoms with Gasteiger partial charge in [0, 0.05) is 72.6 Å². The van der Waals surface area contributed by atoms with Crippen LogP contribution in [0, 0.1) is 17.8 Å². The second kappa shape index (κ2) is 60.0. The Morgan fingerprint density at radius 2 is 0.897 bits per heavy atom. The van der Waals surface area contributed by atoms with E-state index in [1.54, 1.807) is 27.7 Å². The van der Waals surface area contributed by atoms with Crippen LogP contribution in [-0.4, -0.2) is 109 Å². The summed E-state index contributed by atoms with van der Waals surface area (Å²) in [4.78, 5) is 118. The van der Waals surface area contributed by atoms with Gasteiger partial charge in [-0.15, -0.1) is 0 Å². The monoisotopic (exact) mass is 980 g/mol. The molecule has 0 aromatic carbocycles. The van der Waals surface area contributed by atoms with Crippen LogP contribution >= 0.6 is 0 Å². The minimum Gasteiger partial charge on any atom is -0.358 e. The van der Waals surface area contributed by atoms with Crippen molar-refractivity contribution in [1.82, 2.24) is 36.8 Å². The third-order valence-electron chi connectivity index (χ3n) is 9.24. The van der Waals surface area contributed by atoms with Gasteiger partial charge in [-0.05, 0) is 78.1 Å². The van der Waals surface area contributed by atoms with E-state index in [2.05, 4.69) is 45.7 Å². The van der Waals surface area contributed by atoms with Crippen molar-refractivity contribution in [3.63, 3.8) is 0 Å². The normalized spacial score (nSPS) is 9.87. The molecule has 0 saturated heterocycles. The van der Waals surface area contributed by atoms with Crippen LogP contribution < -0.4 is 31.9 Å². The van der Waals surface area contributed by atoms with Crippen LogP contribution in [0.15, 0.2) is 0 Å². The van der Waals surface area contributed by atoms with Crippen molar-refractivity contribution >= 4 is 65.5 Å². The average Bonchev–Trinajstić information content (AvgIpc) is 3.20. The molecule has 6 N–H and O–H groups in total. The molecule has 2 atom stereocenters. The lowest BCUT2D eigenvalue weighted by Crippen LogP contribution is -2.46. The summed E-state index contributed by atoms with van der Waals surface area (Å²) in [5.74, 6) is 0.353. The SMILES string of the molecule is C.C.C.C.C.CCC(=O)N(CNC(C)=O)CNC(C)=O.CCC(C(C)=O)C(C)=O.CCC(CCC(C)=O)CNC(C)=O.CCC(CCCCCC(C)=O)NC(C)=O.CCC(CNC=O)CNC=O. The molecule has 0 rings (SSSR count). The number of carbonyl (C=O) groups excluding carboxylic acids is 11. The van der Waals surface area contributed by atoms with E-state index in [0.29, 0.717) is 76.0 Å². The Morgan fingerprint density at radius 3 is 1.18 bits per heavy atom. The highest BCUT2D eigenvalue weighted by Crippen LogP contribution is 2.10. The summed E-state index contributed by atoms with van der Waals surface area (Å²) in [7, 11) is 0. The fourth-order valence-electron chi connectivity index (χ4n) is 5.27. The zero-order valence-corrected chi connectivity index (χ0v) is 40.9. The minimum absolute atomic E-state index is 0. The van der Waals surface area contributed by atoms with E-state index in [0.717, 1.165) is 51.4 Å². The van der Waals surface area contributed by atoms with Crippen LogP contribution in [0.4, 0.5) is 0 Å². The topological polar surface area (TPSA) is 263 Å². The average molecular weight is 980 g/mol. The summed E-state index contributed by atoms with van der Waals surface area (Å²) in [6.07, 6.45) is 11.6. The van der Waals surface area contributed by atoms with Crippen LogP contribution in [-0.2, 0) is 52.7 Å². The van der Waals surface area contributed by atoms with E-state index < -0.39 is 0 Å². The second-order valence-corrected chi connectivity index (χ2v) is 15.1. The maximum Gasteiger partial charge on any atom is 0.225 e. The van der Waals surface area contributed by atoms with Crippen LogP contribution in [0.2, 0.25) is 0 Å². The first-order valence-electron chi connectivity index (χ1n) is 22.1. The van der Waals surface area contributed by atoms with Gasteiger partial charge in [-0.25, -0.2) is 0 Å². The summed E-state index contributed by atoms with van der Waals surface area (Å²) in [5.41, 5.74) is 0. The van der Waals surface area contributed by atoms with Crippen molar-refractivity contribution in [3.8, 4) is 0 Å². The summed E-state index contributed by atoms with van der Waals surface area (Å²) in [6, 6.07) is 0.305. The standard InChI is InChI=1S/C12H23NO2.C10H19NO2.C9H17N3O3.C7H14N2O2.C7H12O2.5CH4/c1-4-12(13-11(3)15)9-7-5-6-8-10(2)14;1-4-10(6-5-8(2)12)7-11-9(3)13;1-4-9(15)12(5-10-7(2)13)6-11-8(3)14;1-2-7(3-8-5-10)4-9-6-11;1-4-7(5(2)8)6(3)9;;;;;/h12H,4-9H2,1-3H3,(H,13,15);10H,4-7H2,1-3H3,(H,11,13);4-6H2,1-3H3,(H,10,13)(H,11,14);5-7H,2-4H2,1H3,(H,8,10)(H,9,11);7H,4H2,1-3H3;5*1H4. The number of Topliss-reactive ketones (excluding diaryl/α,β-unsaturated/α-hetero) is 4. The Balaban J connectivity index is -0.0000000767. The van der Waals surface area contributed by atoms with E-state index in [9.17, 15) is 52.7 Å². The van der Waals surface area contributed by atoms with Gasteiger partial charge < -0.3 is 46.4 Å². The number of nitrogens with zero attached hydrogens (tertiary/aromatic N) is 1. The number of nitrogens with one attached hydrogen (secondary N) is 6. The summed E-state index contributed by atoms with van der Waals surface area (Å²) >= 11 is 0. The number of ketones is 4. The molecule has 0 aliphatic heterocycles. The largest absolute Gasteiger partial charge is 0.358 e. The summed E-state index contributed by atoms with van der Waals surface area (Å²) in [5, 5.41) is 15.8. The number of carbonyl (C=O) groups is 11. The molecule has 0 spiro atoms. The highest BCUT2D eigenvalue weighted by molar-refractivity contribution is 6.00. The maximum absolute atomic E-state index is 11.4. The lowest BCUT2D eigenvalue weighted by molar-refractivity contribution is -0.134. The third-order valence-corrected chi connectivity index (χ3v) is 9.24. The van der Waals surface area contributed by atoms with Crippen molar-refractivity contribution in [2.24, 2.45) is 17.8 Å². The molecule has 2 unspecified atom stereocenters. The Labute approximate surface area is 415 Å². The van der Waals surface area contributed by atoms with Crippen molar-refractivity contribution in [2.75, 3.05) is 33.0 Å². The van der Waals surface area contributed by atoms with E-state index in [4.69, 9.17) is 0 Å². The van der Waals surface area contributed by atoms with Gasteiger partial charge in [0.1, 0.15) is 23.1 Å². The molecule has 18 heteroatoms. The smallest absolute Gasteiger partial charge is 0.225 e. The molecule has 0 radical (unpaired) electrons. The molecule has 0 fully saturated rings. The number of rotatable bonds is 29. The van der Waals surface area contributed by atoms with Gasteiger partial charge in [-0.3, -0.25) is 43.2 Å².